The number of nitrogens with zero attached hydrogens (tertiary/aromatic N) is 4. The highest BCUT2D eigenvalue weighted by Crippen LogP contribution is 2.30. The Hall–Kier alpha value is -3.04. The maximum Gasteiger partial charge on any atom is 0.416 e. The summed E-state index contributed by atoms with van der Waals surface area (Å²) in [7, 11) is 2.94. The molecule has 10 heteroatoms. The smallest absolute Gasteiger partial charge is 0.353 e. The Morgan fingerprint density at radius 2 is 1.68 bits per heavy atom. The molecule has 31 heavy (non-hydrogen) atoms. The number of hydrogen-bond acceptors (Lipinski definition) is 4. The van der Waals surface area contributed by atoms with E-state index in [9.17, 15) is 22.8 Å². The first kappa shape index (κ1) is 21.2. The SMILES string of the molecule is Cn1c(=O)c2c(nc(NC3CCCCC3)n2Cc2ccc(C(F)(F)F)cc2)n(C)c1=O. The number of imidazole rings is 1. The number of halogens is 3. The summed E-state index contributed by atoms with van der Waals surface area (Å²) in [5.74, 6) is 0.445. The van der Waals surface area contributed by atoms with E-state index in [-0.39, 0.29) is 23.8 Å². The number of nitrogens with one attached hydrogen (secondary N) is 1. The van der Waals surface area contributed by atoms with Crippen molar-refractivity contribution in [3.8, 4) is 0 Å². The molecule has 166 valence electrons. The first-order valence-electron chi connectivity index (χ1n) is 10.3. The summed E-state index contributed by atoms with van der Waals surface area (Å²) >= 11 is 0. The third-order valence-electron chi connectivity index (χ3n) is 5.91. The maximum atomic E-state index is 12.9. The van der Waals surface area contributed by atoms with E-state index in [1.807, 2.05) is 0 Å². The molecule has 2 aromatic heterocycles. The van der Waals surface area contributed by atoms with Crippen molar-refractivity contribution < 1.29 is 13.2 Å². The Balaban J connectivity index is 1.81. The standard InChI is InChI=1S/C21H24F3N5O2/c1-27-17-16(18(30)28(2)20(27)31)29(19(26-17)25-15-6-4-3-5-7-15)12-13-8-10-14(11-9-13)21(22,23)24/h8-11,15H,3-7,12H2,1-2H3,(H,25,26). The molecule has 0 atom stereocenters. The molecular formula is C21H24F3N5O2. The summed E-state index contributed by atoms with van der Waals surface area (Å²) < 4.78 is 42.7. The van der Waals surface area contributed by atoms with Crippen LogP contribution < -0.4 is 16.6 Å². The van der Waals surface area contributed by atoms with Gasteiger partial charge in [0.2, 0.25) is 5.95 Å². The lowest BCUT2D eigenvalue weighted by molar-refractivity contribution is -0.137. The van der Waals surface area contributed by atoms with Gasteiger partial charge >= 0.3 is 11.9 Å². The van der Waals surface area contributed by atoms with Crippen molar-refractivity contribution >= 4 is 17.1 Å². The van der Waals surface area contributed by atoms with Crippen LogP contribution in [0.25, 0.3) is 11.2 Å². The molecule has 1 saturated carbocycles. The topological polar surface area (TPSA) is 73.8 Å². The van der Waals surface area contributed by atoms with Crippen LogP contribution in [0.1, 0.15) is 43.2 Å². The summed E-state index contributed by atoms with van der Waals surface area (Å²) in [5.41, 5.74) is -0.628. The summed E-state index contributed by atoms with van der Waals surface area (Å²) in [6.45, 7) is 0.150. The Kier molecular flexibility index (Phi) is 5.40. The molecular weight excluding hydrogens is 411 g/mol. The van der Waals surface area contributed by atoms with E-state index < -0.39 is 23.0 Å². The zero-order valence-corrected chi connectivity index (χ0v) is 17.4. The predicted octanol–water partition coefficient (Wildman–Crippen LogP) is 3.25. The molecule has 7 nitrogen and oxygen atoms in total. The normalized spacial score (nSPS) is 15.5. The van der Waals surface area contributed by atoms with Gasteiger partial charge in [-0.15, -0.1) is 0 Å². The first-order valence-corrected chi connectivity index (χ1v) is 10.3. The monoisotopic (exact) mass is 435 g/mol. The molecule has 3 aromatic rings. The van der Waals surface area contributed by atoms with Gasteiger partial charge in [0.1, 0.15) is 0 Å². The highest BCUT2D eigenvalue weighted by atomic mass is 19.4. The van der Waals surface area contributed by atoms with Crippen molar-refractivity contribution in [2.45, 2.75) is 50.9 Å². The molecule has 1 fully saturated rings. The van der Waals surface area contributed by atoms with E-state index in [1.54, 1.807) is 11.6 Å². The molecule has 4 rings (SSSR count). The van der Waals surface area contributed by atoms with Gasteiger partial charge in [0.15, 0.2) is 11.2 Å². The highest BCUT2D eigenvalue weighted by Gasteiger charge is 2.30. The molecule has 1 aliphatic rings. The van der Waals surface area contributed by atoms with Crippen LogP contribution >= 0.6 is 0 Å². The van der Waals surface area contributed by atoms with E-state index in [2.05, 4.69) is 10.3 Å². The number of anilines is 1. The second kappa shape index (κ2) is 7.90. The van der Waals surface area contributed by atoms with E-state index in [4.69, 9.17) is 0 Å². The van der Waals surface area contributed by atoms with Gasteiger partial charge in [-0.3, -0.25) is 18.5 Å². The molecule has 1 N–H and O–H groups in total. The number of alkyl halides is 3. The zero-order valence-electron chi connectivity index (χ0n) is 17.4. The molecule has 1 aromatic carbocycles. The summed E-state index contributed by atoms with van der Waals surface area (Å²) in [6, 6.07) is 5.03. The molecule has 0 spiro atoms. The van der Waals surface area contributed by atoms with Crippen LogP contribution in [0.15, 0.2) is 33.9 Å². The van der Waals surface area contributed by atoms with Gasteiger partial charge in [-0.1, -0.05) is 31.4 Å². The van der Waals surface area contributed by atoms with E-state index in [0.29, 0.717) is 11.5 Å². The van der Waals surface area contributed by atoms with Crippen molar-refractivity contribution in [2.75, 3.05) is 5.32 Å². The summed E-state index contributed by atoms with van der Waals surface area (Å²) in [4.78, 5) is 29.8. The molecule has 0 saturated heterocycles. The average molecular weight is 435 g/mol. The second-order valence-electron chi connectivity index (χ2n) is 8.07. The minimum absolute atomic E-state index is 0.150. The predicted molar refractivity (Wildman–Crippen MR) is 111 cm³/mol. The van der Waals surface area contributed by atoms with Crippen LogP contribution in [0.2, 0.25) is 0 Å². The van der Waals surface area contributed by atoms with E-state index in [1.165, 1.54) is 30.2 Å². The lowest BCUT2D eigenvalue weighted by Gasteiger charge is -2.23. The fraction of sp³-hybridized carbons (Fsp3) is 0.476. The van der Waals surface area contributed by atoms with Crippen molar-refractivity contribution in [2.24, 2.45) is 14.1 Å². The van der Waals surface area contributed by atoms with Crippen LogP contribution in [0, 0.1) is 0 Å². The molecule has 2 heterocycles. The van der Waals surface area contributed by atoms with Gasteiger partial charge in [0.05, 0.1) is 12.1 Å². The Labute approximate surface area is 176 Å². The van der Waals surface area contributed by atoms with Crippen LogP contribution in [-0.4, -0.2) is 24.7 Å². The minimum Gasteiger partial charge on any atom is -0.353 e. The number of benzene rings is 1. The number of aryl methyl sites for hydroxylation is 1. The molecule has 0 radical (unpaired) electrons. The third-order valence-corrected chi connectivity index (χ3v) is 5.91. The maximum absolute atomic E-state index is 12.9. The average Bonchev–Trinajstić information content (AvgIpc) is 3.09. The van der Waals surface area contributed by atoms with Crippen molar-refractivity contribution in [3.63, 3.8) is 0 Å². The van der Waals surface area contributed by atoms with E-state index in [0.717, 1.165) is 42.4 Å². The van der Waals surface area contributed by atoms with Gasteiger partial charge in [0.25, 0.3) is 5.56 Å². The molecule has 0 unspecified atom stereocenters. The fourth-order valence-electron chi connectivity index (χ4n) is 4.12. The number of hydrogen-bond donors (Lipinski definition) is 1. The van der Waals surface area contributed by atoms with Gasteiger partial charge in [-0.25, -0.2) is 4.79 Å². The molecule has 0 aliphatic heterocycles. The number of aromatic nitrogens is 4. The quantitative estimate of drug-likeness (QED) is 0.683. The van der Waals surface area contributed by atoms with Crippen LogP contribution in [0.4, 0.5) is 19.1 Å². The van der Waals surface area contributed by atoms with Gasteiger partial charge < -0.3 is 5.32 Å². The van der Waals surface area contributed by atoms with Crippen molar-refractivity contribution in [1.29, 1.82) is 0 Å². The van der Waals surface area contributed by atoms with Crippen molar-refractivity contribution in [1.82, 2.24) is 18.7 Å². The van der Waals surface area contributed by atoms with Crippen LogP contribution in [-0.2, 0) is 26.8 Å². The molecule has 0 amide bonds. The van der Waals surface area contributed by atoms with Gasteiger partial charge in [-0.05, 0) is 30.5 Å². The molecule has 1 aliphatic carbocycles. The highest BCUT2D eigenvalue weighted by molar-refractivity contribution is 5.74. The fourth-order valence-corrected chi connectivity index (χ4v) is 4.12. The van der Waals surface area contributed by atoms with E-state index >= 15 is 0 Å². The first-order chi connectivity index (χ1) is 14.7. The van der Waals surface area contributed by atoms with Gasteiger partial charge in [0, 0.05) is 20.1 Å². The van der Waals surface area contributed by atoms with Crippen molar-refractivity contribution in [3.05, 3.63) is 56.2 Å². The number of rotatable bonds is 4. The zero-order chi connectivity index (χ0) is 22.3. The molecule has 0 bridgehead atoms. The second-order valence-corrected chi connectivity index (χ2v) is 8.07. The third kappa shape index (κ3) is 3.98. The lowest BCUT2D eigenvalue weighted by Crippen LogP contribution is -2.37. The van der Waals surface area contributed by atoms with Crippen LogP contribution in [0.3, 0.4) is 0 Å². The largest absolute Gasteiger partial charge is 0.416 e. The van der Waals surface area contributed by atoms with Crippen LogP contribution in [0.5, 0.6) is 0 Å². The number of fused-ring (bicyclic) bond motifs is 1. The summed E-state index contributed by atoms with van der Waals surface area (Å²) in [6.07, 6.45) is 0.895. The van der Waals surface area contributed by atoms with Gasteiger partial charge in [-0.2, -0.15) is 18.2 Å². The Morgan fingerprint density at radius 1 is 1.03 bits per heavy atom. The Bertz CT molecular complexity index is 1220. The Morgan fingerprint density at radius 3 is 2.29 bits per heavy atom. The summed E-state index contributed by atoms with van der Waals surface area (Å²) in [5, 5.41) is 3.40. The minimum atomic E-state index is -4.41. The lowest BCUT2D eigenvalue weighted by atomic mass is 9.96.